The van der Waals surface area contributed by atoms with E-state index in [1.165, 1.54) is 36.4 Å². The number of nitrogens with one attached hydrogen (secondary N) is 2. The molecule has 140 valence electrons. The first-order valence-electron chi connectivity index (χ1n) is 7.49. The first-order chi connectivity index (χ1) is 12.8. The van der Waals surface area contributed by atoms with Gasteiger partial charge in [-0.05, 0) is 36.8 Å². The number of nitro benzene ring substituents is 2. The summed E-state index contributed by atoms with van der Waals surface area (Å²) in [6.07, 6.45) is 0. The van der Waals surface area contributed by atoms with E-state index in [1.807, 2.05) is 0 Å². The minimum atomic E-state index is -0.561. The number of nitro groups is 2. The van der Waals surface area contributed by atoms with Crippen LogP contribution in [0.2, 0.25) is 0 Å². The van der Waals surface area contributed by atoms with Crippen molar-refractivity contribution in [1.29, 1.82) is 0 Å². The van der Waals surface area contributed by atoms with E-state index in [9.17, 15) is 25.0 Å². The lowest BCUT2D eigenvalue weighted by molar-refractivity contribution is -0.385. The fraction of sp³-hybridized carbons (Fsp3) is 0.125. The lowest BCUT2D eigenvalue weighted by Crippen LogP contribution is -2.37. The summed E-state index contributed by atoms with van der Waals surface area (Å²) >= 11 is 5.01. The number of anilines is 1. The SMILES string of the molecule is Cc1ccc([N+](=O)[O-])cc1NC(=S)NC(=O)COc1ccc([N+](=O)[O-])cc1. The second-order valence-electron chi connectivity index (χ2n) is 5.30. The molecule has 0 aliphatic rings. The molecule has 0 saturated heterocycles. The van der Waals surface area contributed by atoms with E-state index in [2.05, 4.69) is 10.6 Å². The number of thiocarbonyl (C=S) groups is 1. The third-order valence-electron chi connectivity index (χ3n) is 3.35. The molecule has 0 bridgehead atoms. The zero-order valence-corrected chi connectivity index (χ0v) is 14.8. The molecule has 0 aliphatic heterocycles. The molecule has 2 rings (SSSR count). The lowest BCUT2D eigenvalue weighted by Gasteiger charge is -2.12. The molecular formula is C16H14N4O6S. The third kappa shape index (κ3) is 5.71. The van der Waals surface area contributed by atoms with Crippen LogP contribution in [0.4, 0.5) is 17.1 Å². The van der Waals surface area contributed by atoms with Crippen molar-refractivity contribution >= 4 is 40.3 Å². The van der Waals surface area contributed by atoms with Crippen LogP contribution in [0, 0.1) is 27.2 Å². The van der Waals surface area contributed by atoms with Crippen LogP contribution in [0.15, 0.2) is 42.5 Å². The summed E-state index contributed by atoms with van der Waals surface area (Å²) in [5.41, 5.74) is 0.897. The number of benzene rings is 2. The molecule has 0 saturated carbocycles. The molecule has 0 aromatic heterocycles. The molecule has 1 amide bonds. The second-order valence-corrected chi connectivity index (χ2v) is 5.71. The Morgan fingerprint density at radius 3 is 2.26 bits per heavy atom. The maximum atomic E-state index is 11.9. The van der Waals surface area contributed by atoms with Crippen LogP contribution < -0.4 is 15.4 Å². The molecule has 0 unspecified atom stereocenters. The van der Waals surface area contributed by atoms with Gasteiger partial charge >= 0.3 is 0 Å². The van der Waals surface area contributed by atoms with Crippen molar-refractivity contribution in [1.82, 2.24) is 5.32 Å². The molecule has 27 heavy (non-hydrogen) atoms. The predicted molar refractivity (Wildman–Crippen MR) is 101 cm³/mol. The monoisotopic (exact) mass is 390 g/mol. The van der Waals surface area contributed by atoms with Crippen molar-refractivity contribution in [3.05, 3.63) is 68.3 Å². The van der Waals surface area contributed by atoms with Gasteiger partial charge in [0.2, 0.25) is 0 Å². The van der Waals surface area contributed by atoms with Crippen LogP contribution in [0.3, 0.4) is 0 Å². The number of nitrogens with zero attached hydrogens (tertiary/aromatic N) is 2. The van der Waals surface area contributed by atoms with Crippen LogP contribution in [0.5, 0.6) is 5.75 Å². The van der Waals surface area contributed by atoms with E-state index < -0.39 is 15.8 Å². The van der Waals surface area contributed by atoms with Gasteiger partial charge in [0.15, 0.2) is 11.7 Å². The molecule has 0 radical (unpaired) electrons. The molecule has 2 aromatic carbocycles. The molecule has 11 heteroatoms. The van der Waals surface area contributed by atoms with Gasteiger partial charge in [-0.3, -0.25) is 30.3 Å². The Morgan fingerprint density at radius 2 is 1.67 bits per heavy atom. The van der Waals surface area contributed by atoms with Crippen LogP contribution in [0.25, 0.3) is 0 Å². The highest BCUT2D eigenvalue weighted by atomic mass is 32.1. The Hall–Kier alpha value is -3.60. The van der Waals surface area contributed by atoms with E-state index in [0.717, 1.165) is 0 Å². The fourth-order valence-corrected chi connectivity index (χ4v) is 2.21. The summed E-state index contributed by atoms with van der Waals surface area (Å²) in [7, 11) is 0. The quantitative estimate of drug-likeness (QED) is 0.436. The van der Waals surface area contributed by atoms with E-state index in [4.69, 9.17) is 17.0 Å². The van der Waals surface area contributed by atoms with Gasteiger partial charge < -0.3 is 10.1 Å². The first-order valence-corrected chi connectivity index (χ1v) is 7.90. The minimum Gasteiger partial charge on any atom is -0.484 e. The van der Waals surface area contributed by atoms with Crippen molar-refractivity contribution in [3.8, 4) is 5.75 Å². The summed E-state index contributed by atoms with van der Waals surface area (Å²) in [4.78, 5) is 32.2. The normalized spacial score (nSPS) is 9.96. The van der Waals surface area contributed by atoms with E-state index in [1.54, 1.807) is 13.0 Å². The smallest absolute Gasteiger partial charge is 0.271 e. The molecular weight excluding hydrogens is 376 g/mol. The Morgan fingerprint density at radius 1 is 1.07 bits per heavy atom. The van der Waals surface area contributed by atoms with E-state index >= 15 is 0 Å². The molecule has 2 aromatic rings. The Labute approximate surface area is 158 Å². The minimum absolute atomic E-state index is 0.0455. The van der Waals surface area contributed by atoms with Crippen LogP contribution >= 0.6 is 12.2 Å². The molecule has 0 heterocycles. The van der Waals surface area contributed by atoms with E-state index in [-0.39, 0.29) is 28.8 Å². The largest absolute Gasteiger partial charge is 0.484 e. The van der Waals surface area contributed by atoms with Crippen molar-refractivity contribution in [3.63, 3.8) is 0 Å². The number of non-ortho nitro benzene ring substituents is 2. The Kier molecular flexibility index (Phi) is 6.33. The lowest BCUT2D eigenvalue weighted by atomic mass is 10.2. The summed E-state index contributed by atoms with van der Waals surface area (Å²) in [6.45, 7) is 1.36. The number of rotatable bonds is 6. The Bertz CT molecular complexity index is 900. The zero-order valence-electron chi connectivity index (χ0n) is 14.0. The van der Waals surface area contributed by atoms with Crippen molar-refractivity contribution in [2.24, 2.45) is 0 Å². The standard InChI is InChI=1S/C16H14N4O6S/c1-10-2-3-12(20(24)25)8-14(10)17-16(27)18-15(21)9-26-13-6-4-11(5-7-13)19(22)23/h2-8H,9H2,1H3,(H2,17,18,21,27). The Balaban J connectivity index is 1.88. The first kappa shape index (κ1) is 19.7. The number of hydrogen-bond acceptors (Lipinski definition) is 7. The summed E-state index contributed by atoms with van der Waals surface area (Å²) in [6, 6.07) is 9.47. The van der Waals surface area contributed by atoms with E-state index in [0.29, 0.717) is 11.3 Å². The number of hydrogen-bond donors (Lipinski definition) is 2. The number of ether oxygens (including phenoxy) is 1. The van der Waals surface area contributed by atoms with Crippen LogP contribution in [0.1, 0.15) is 5.56 Å². The van der Waals surface area contributed by atoms with Gasteiger partial charge in [-0.1, -0.05) is 6.07 Å². The zero-order chi connectivity index (χ0) is 20.0. The maximum Gasteiger partial charge on any atom is 0.271 e. The van der Waals surface area contributed by atoms with Gasteiger partial charge in [-0.2, -0.15) is 0 Å². The molecule has 2 N–H and O–H groups in total. The van der Waals surface area contributed by atoms with Gasteiger partial charge in [-0.15, -0.1) is 0 Å². The highest BCUT2D eigenvalue weighted by Crippen LogP contribution is 2.21. The maximum absolute atomic E-state index is 11.9. The van der Waals surface area contributed by atoms with Gasteiger partial charge in [0.1, 0.15) is 5.75 Å². The van der Waals surface area contributed by atoms with Crippen molar-refractivity contribution in [2.45, 2.75) is 6.92 Å². The summed E-state index contributed by atoms with van der Waals surface area (Å²) in [5.74, 6) is -0.280. The van der Waals surface area contributed by atoms with Crippen molar-refractivity contribution < 1.29 is 19.4 Å². The molecule has 0 aliphatic carbocycles. The van der Waals surface area contributed by atoms with Crippen LogP contribution in [-0.4, -0.2) is 27.5 Å². The molecule has 0 atom stereocenters. The molecule has 10 nitrogen and oxygen atoms in total. The number of carbonyl (C=O) groups excluding carboxylic acids is 1. The fourth-order valence-electron chi connectivity index (χ4n) is 1.99. The second kappa shape index (κ2) is 8.67. The summed E-state index contributed by atoms with van der Waals surface area (Å²) < 4.78 is 5.22. The topological polar surface area (TPSA) is 137 Å². The highest BCUT2D eigenvalue weighted by Gasteiger charge is 2.12. The average Bonchev–Trinajstić information content (AvgIpc) is 2.62. The number of carbonyl (C=O) groups is 1. The van der Waals surface area contributed by atoms with Gasteiger partial charge in [0.05, 0.1) is 9.85 Å². The van der Waals surface area contributed by atoms with Gasteiger partial charge in [0, 0.05) is 30.0 Å². The number of aryl methyl sites for hydroxylation is 1. The third-order valence-corrected chi connectivity index (χ3v) is 3.55. The predicted octanol–water partition coefficient (Wildman–Crippen LogP) is 2.70. The highest BCUT2D eigenvalue weighted by molar-refractivity contribution is 7.80. The summed E-state index contributed by atoms with van der Waals surface area (Å²) in [5, 5.41) is 26.5. The molecule has 0 spiro atoms. The number of amides is 1. The van der Waals surface area contributed by atoms with Crippen LogP contribution in [-0.2, 0) is 4.79 Å². The van der Waals surface area contributed by atoms with Crippen molar-refractivity contribution in [2.75, 3.05) is 11.9 Å². The van der Waals surface area contributed by atoms with Gasteiger partial charge in [0.25, 0.3) is 17.3 Å². The van der Waals surface area contributed by atoms with Gasteiger partial charge in [-0.25, -0.2) is 0 Å². The average molecular weight is 390 g/mol. The molecule has 0 fully saturated rings.